The molecule has 7 aromatic carbocycles. The van der Waals surface area contributed by atoms with Gasteiger partial charge in [0.2, 0.25) is 0 Å². The van der Waals surface area contributed by atoms with Crippen molar-refractivity contribution in [1.82, 2.24) is 19.5 Å². The molecule has 0 aliphatic rings. The normalized spacial score (nSPS) is 11.9. The Morgan fingerprint density at radius 3 is 1.96 bits per heavy atom. The van der Waals surface area contributed by atoms with E-state index in [4.69, 9.17) is 19.4 Å². The van der Waals surface area contributed by atoms with Crippen LogP contribution in [0.1, 0.15) is 0 Å². The maximum Gasteiger partial charge on any atom is 0.165 e. The van der Waals surface area contributed by atoms with E-state index in [9.17, 15) is 0 Å². The summed E-state index contributed by atoms with van der Waals surface area (Å²) in [6.45, 7) is 0. The zero-order valence-electron chi connectivity index (χ0n) is 27.1. The quantitative estimate of drug-likeness (QED) is 0.187. The van der Waals surface area contributed by atoms with Gasteiger partial charge in [-0.2, -0.15) is 0 Å². The SMILES string of the molecule is c1ccc(-n2c3ccccc3c3cc(-c4nc(-c5ccc6c(c5)oc5ccccc56)nc(-c5cccc6c5sc5ccccc56)n4)ccc32)cc1. The van der Waals surface area contributed by atoms with E-state index >= 15 is 0 Å². The number of nitrogens with zero attached hydrogens (tertiary/aromatic N) is 4. The molecule has 238 valence electrons. The fourth-order valence-corrected chi connectivity index (χ4v) is 8.72. The lowest BCUT2D eigenvalue weighted by molar-refractivity contribution is 0.669. The molecule has 0 amide bonds. The fourth-order valence-electron chi connectivity index (χ4n) is 7.51. The van der Waals surface area contributed by atoms with Crippen LogP contribution in [-0.2, 0) is 0 Å². The number of thiophene rings is 1. The summed E-state index contributed by atoms with van der Waals surface area (Å²) >= 11 is 1.78. The summed E-state index contributed by atoms with van der Waals surface area (Å²) in [5, 5.41) is 6.93. The summed E-state index contributed by atoms with van der Waals surface area (Å²) in [5.41, 5.74) is 7.87. The highest BCUT2D eigenvalue weighted by Gasteiger charge is 2.19. The summed E-state index contributed by atoms with van der Waals surface area (Å²) < 4.78 is 11.0. The second kappa shape index (κ2) is 10.9. The second-order valence-electron chi connectivity index (χ2n) is 12.8. The van der Waals surface area contributed by atoms with E-state index in [1.54, 1.807) is 11.3 Å². The van der Waals surface area contributed by atoms with Crippen LogP contribution >= 0.6 is 11.3 Å². The number of hydrogen-bond donors (Lipinski definition) is 0. The predicted molar refractivity (Wildman–Crippen MR) is 211 cm³/mol. The lowest BCUT2D eigenvalue weighted by Crippen LogP contribution is -2.00. The topological polar surface area (TPSA) is 56.7 Å². The molecule has 0 spiro atoms. The molecule has 0 saturated heterocycles. The molecule has 0 aliphatic heterocycles. The monoisotopic (exact) mass is 670 g/mol. The van der Waals surface area contributed by atoms with E-state index in [1.165, 1.54) is 20.9 Å². The Hall–Kier alpha value is -6.63. The summed E-state index contributed by atoms with van der Waals surface area (Å²) in [5.74, 6) is 1.86. The Kier molecular flexibility index (Phi) is 6.05. The molecule has 4 heterocycles. The van der Waals surface area contributed by atoms with E-state index in [0.717, 1.165) is 65.4 Å². The Morgan fingerprint density at radius 1 is 0.431 bits per heavy atom. The van der Waals surface area contributed by atoms with Crippen LogP contribution in [0.4, 0.5) is 0 Å². The van der Waals surface area contributed by atoms with Gasteiger partial charge in [0.05, 0.1) is 11.0 Å². The molecule has 0 atom stereocenters. The molecule has 4 aromatic heterocycles. The van der Waals surface area contributed by atoms with Gasteiger partial charge in [-0.05, 0) is 66.7 Å². The van der Waals surface area contributed by atoms with Crippen LogP contribution in [0.3, 0.4) is 0 Å². The van der Waals surface area contributed by atoms with Crippen LogP contribution < -0.4 is 0 Å². The van der Waals surface area contributed by atoms with Gasteiger partial charge in [0.1, 0.15) is 11.2 Å². The third kappa shape index (κ3) is 4.37. The number of benzene rings is 7. The number of para-hydroxylation sites is 3. The highest BCUT2D eigenvalue weighted by atomic mass is 32.1. The van der Waals surface area contributed by atoms with Gasteiger partial charge in [-0.25, -0.2) is 15.0 Å². The van der Waals surface area contributed by atoms with Crippen molar-refractivity contribution in [3.63, 3.8) is 0 Å². The van der Waals surface area contributed by atoms with Gasteiger partial charge in [0.15, 0.2) is 17.5 Å². The number of rotatable bonds is 4. The summed E-state index contributed by atoms with van der Waals surface area (Å²) in [6, 6.07) is 55.0. The van der Waals surface area contributed by atoms with Gasteiger partial charge >= 0.3 is 0 Å². The zero-order valence-corrected chi connectivity index (χ0v) is 27.9. The number of hydrogen-bond acceptors (Lipinski definition) is 5. The van der Waals surface area contributed by atoms with Crippen LogP contribution in [-0.4, -0.2) is 19.5 Å². The lowest BCUT2D eigenvalue weighted by Gasteiger charge is -2.10. The van der Waals surface area contributed by atoms with Crippen molar-refractivity contribution in [3.8, 4) is 39.9 Å². The molecule has 0 unspecified atom stereocenters. The minimum absolute atomic E-state index is 0.599. The highest BCUT2D eigenvalue weighted by molar-refractivity contribution is 7.26. The van der Waals surface area contributed by atoms with Gasteiger partial charge in [0, 0.05) is 64.1 Å². The van der Waals surface area contributed by atoms with Gasteiger partial charge in [-0.1, -0.05) is 91.0 Å². The Labute approximate surface area is 295 Å². The van der Waals surface area contributed by atoms with Crippen molar-refractivity contribution in [1.29, 1.82) is 0 Å². The standard InChI is InChI=1S/C45H26N4OS/c1-2-11-29(12-3-1)49-37-18-7-4-13-30(37)36-25-27(22-24-38(36)49)43-46-44(28-21-23-32-31-14-5-8-19-39(31)50-40(32)26-28)48-45(47-43)35-17-10-16-34-33-15-6-9-20-41(33)51-42(34)35/h1-26H. The summed E-state index contributed by atoms with van der Waals surface area (Å²) in [4.78, 5) is 15.6. The maximum atomic E-state index is 6.29. The maximum absolute atomic E-state index is 6.29. The first kappa shape index (κ1) is 28.2. The molecule has 11 aromatic rings. The van der Waals surface area contributed by atoms with Crippen LogP contribution in [0.25, 0.3) is 104 Å². The number of fused-ring (bicyclic) bond motifs is 9. The van der Waals surface area contributed by atoms with E-state index in [-0.39, 0.29) is 0 Å². The van der Waals surface area contributed by atoms with Gasteiger partial charge in [-0.3, -0.25) is 0 Å². The molecule has 0 N–H and O–H groups in total. The average molecular weight is 671 g/mol. The Balaban J connectivity index is 1.16. The average Bonchev–Trinajstić information content (AvgIpc) is 3.87. The molecule has 11 rings (SSSR count). The molecular formula is C45H26N4OS. The molecule has 0 aliphatic carbocycles. The molecule has 0 bridgehead atoms. The molecule has 0 saturated carbocycles. The van der Waals surface area contributed by atoms with E-state index in [0.29, 0.717) is 17.5 Å². The predicted octanol–water partition coefficient (Wildman–Crippen LogP) is 12.2. The number of aromatic nitrogens is 4. The minimum Gasteiger partial charge on any atom is -0.456 e. The highest BCUT2D eigenvalue weighted by Crippen LogP contribution is 2.41. The van der Waals surface area contributed by atoms with Gasteiger partial charge in [-0.15, -0.1) is 11.3 Å². The van der Waals surface area contributed by atoms with Crippen molar-refractivity contribution in [2.24, 2.45) is 0 Å². The van der Waals surface area contributed by atoms with Crippen LogP contribution in [0.2, 0.25) is 0 Å². The minimum atomic E-state index is 0.599. The molecule has 0 radical (unpaired) electrons. The van der Waals surface area contributed by atoms with Crippen LogP contribution in [0.5, 0.6) is 0 Å². The molecule has 51 heavy (non-hydrogen) atoms. The zero-order chi connectivity index (χ0) is 33.5. The molecule has 6 heteroatoms. The van der Waals surface area contributed by atoms with Gasteiger partial charge in [0.25, 0.3) is 0 Å². The fraction of sp³-hybridized carbons (Fsp3) is 0. The van der Waals surface area contributed by atoms with Gasteiger partial charge < -0.3 is 8.98 Å². The second-order valence-corrected chi connectivity index (χ2v) is 13.9. The first-order valence-electron chi connectivity index (χ1n) is 16.9. The van der Waals surface area contributed by atoms with E-state index < -0.39 is 0 Å². The summed E-state index contributed by atoms with van der Waals surface area (Å²) in [6.07, 6.45) is 0. The molecule has 5 nitrogen and oxygen atoms in total. The first-order chi connectivity index (χ1) is 25.3. The van der Waals surface area contributed by atoms with E-state index in [2.05, 4.69) is 144 Å². The van der Waals surface area contributed by atoms with Crippen molar-refractivity contribution < 1.29 is 4.42 Å². The lowest BCUT2D eigenvalue weighted by atomic mass is 10.1. The molecule has 0 fully saturated rings. The van der Waals surface area contributed by atoms with Crippen molar-refractivity contribution in [2.75, 3.05) is 0 Å². The van der Waals surface area contributed by atoms with Crippen molar-refractivity contribution in [3.05, 3.63) is 158 Å². The largest absolute Gasteiger partial charge is 0.456 e. The third-order valence-electron chi connectivity index (χ3n) is 9.86. The molecular weight excluding hydrogens is 645 g/mol. The first-order valence-corrected chi connectivity index (χ1v) is 17.8. The van der Waals surface area contributed by atoms with E-state index in [1.807, 2.05) is 18.2 Å². The van der Waals surface area contributed by atoms with Crippen LogP contribution in [0.15, 0.2) is 162 Å². The summed E-state index contributed by atoms with van der Waals surface area (Å²) in [7, 11) is 0. The van der Waals surface area contributed by atoms with Crippen molar-refractivity contribution >= 4 is 75.3 Å². The number of furan rings is 1. The smallest absolute Gasteiger partial charge is 0.165 e. The van der Waals surface area contributed by atoms with Crippen LogP contribution in [0, 0.1) is 0 Å². The Bertz CT molecular complexity index is 3150. The third-order valence-corrected chi connectivity index (χ3v) is 11.1. The van der Waals surface area contributed by atoms with Crippen molar-refractivity contribution in [2.45, 2.75) is 0 Å². The Morgan fingerprint density at radius 2 is 1.08 bits per heavy atom.